The summed E-state index contributed by atoms with van der Waals surface area (Å²) in [7, 11) is 2.14. The zero-order valence-corrected chi connectivity index (χ0v) is 13.3. The summed E-state index contributed by atoms with van der Waals surface area (Å²) in [5.74, 6) is 1.88. The lowest BCUT2D eigenvalue weighted by atomic mass is 9.84. The summed E-state index contributed by atoms with van der Waals surface area (Å²) < 4.78 is 0. The van der Waals surface area contributed by atoms with Crippen molar-refractivity contribution in [2.75, 3.05) is 11.9 Å². The molecule has 0 spiro atoms. The minimum atomic E-state index is 0.0725. The van der Waals surface area contributed by atoms with Gasteiger partial charge in [0.05, 0.1) is 6.61 Å². The minimum absolute atomic E-state index is 0.0725. The number of anilines is 1. The fraction of sp³-hybridized carbons (Fsp3) is 0.706. The number of nitrogens with zero attached hydrogens (tertiary/aromatic N) is 2. The van der Waals surface area contributed by atoms with Gasteiger partial charge >= 0.3 is 0 Å². The lowest BCUT2D eigenvalue weighted by Crippen LogP contribution is -2.36. The van der Waals surface area contributed by atoms with E-state index in [2.05, 4.69) is 36.8 Å². The number of rotatable bonds is 4. The molecule has 0 radical (unpaired) electrons. The molecule has 0 saturated heterocycles. The summed E-state index contributed by atoms with van der Waals surface area (Å²) >= 11 is 0. The molecule has 0 bridgehead atoms. The molecule has 1 fully saturated rings. The first-order valence-corrected chi connectivity index (χ1v) is 7.87. The number of hydrogen-bond acceptors (Lipinski definition) is 3. The highest BCUT2D eigenvalue weighted by atomic mass is 16.3. The van der Waals surface area contributed by atoms with E-state index in [1.807, 2.05) is 6.92 Å². The molecule has 2 rings (SSSR count). The van der Waals surface area contributed by atoms with Crippen LogP contribution in [-0.4, -0.2) is 23.2 Å². The maximum absolute atomic E-state index is 9.65. The Morgan fingerprint density at radius 1 is 1.25 bits per heavy atom. The molecule has 1 aromatic rings. The topological polar surface area (TPSA) is 36.4 Å². The molecule has 1 aliphatic carbocycles. The SMILES string of the molecule is CCC1CCC(N(C)c2nc(C)cc(C)c2CO)CC1. The van der Waals surface area contributed by atoms with Gasteiger partial charge < -0.3 is 10.0 Å². The summed E-state index contributed by atoms with van der Waals surface area (Å²) in [6.07, 6.45) is 6.44. The average Bonchev–Trinajstić information content (AvgIpc) is 2.46. The van der Waals surface area contributed by atoms with Crippen molar-refractivity contribution in [1.82, 2.24) is 4.98 Å². The predicted octanol–water partition coefficient (Wildman–Crippen LogP) is 3.60. The van der Waals surface area contributed by atoms with Crippen LogP contribution in [0, 0.1) is 19.8 Å². The Morgan fingerprint density at radius 3 is 2.45 bits per heavy atom. The van der Waals surface area contributed by atoms with Gasteiger partial charge in [0, 0.05) is 24.3 Å². The summed E-state index contributed by atoms with van der Waals surface area (Å²) in [6.45, 7) is 6.46. The smallest absolute Gasteiger partial charge is 0.134 e. The van der Waals surface area contributed by atoms with Crippen LogP contribution in [0.2, 0.25) is 0 Å². The van der Waals surface area contributed by atoms with Gasteiger partial charge in [0.2, 0.25) is 0 Å². The number of aromatic nitrogens is 1. The van der Waals surface area contributed by atoms with E-state index < -0.39 is 0 Å². The van der Waals surface area contributed by atoms with Gasteiger partial charge in [0.1, 0.15) is 5.82 Å². The third kappa shape index (κ3) is 3.14. The Labute approximate surface area is 123 Å². The van der Waals surface area contributed by atoms with E-state index in [1.165, 1.54) is 32.1 Å². The van der Waals surface area contributed by atoms with Crippen molar-refractivity contribution in [3.63, 3.8) is 0 Å². The first-order valence-electron chi connectivity index (χ1n) is 7.87. The first kappa shape index (κ1) is 15.3. The van der Waals surface area contributed by atoms with Crippen LogP contribution in [-0.2, 0) is 6.61 Å². The quantitative estimate of drug-likeness (QED) is 0.913. The fourth-order valence-corrected chi connectivity index (χ4v) is 3.44. The number of hydrogen-bond donors (Lipinski definition) is 1. The van der Waals surface area contributed by atoms with Crippen LogP contribution in [0.1, 0.15) is 55.8 Å². The highest BCUT2D eigenvalue weighted by molar-refractivity contribution is 5.51. The number of aliphatic hydroxyl groups excluding tert-OH is 1. The molecule has 3 nitrogen and oxygen atoms in total. The molecule has 0 aromatic carbocycles. The molecular weight excluding hydrogens is 248 g/mol. The van der Waals surface area contributed by atoms with E-state index >= 15 is 0 Å². The Bertz CT molecular complexity index is 451. The molecular formula is C17H28N2O. The van der Waals surface area contributed by atoms with Crippen molar-refractivity contribution in [1.29, 1.82) is 0 Å². The highest BCUT2D eigenvalue weighted by Gasteiger charge is 2.25. The van der Waals surface area contributed by atoms with Crippen LogP contribution in [0.25, 0.3) is 0 Å². The van der Waals surface area contributed by atoms with E-state index in [0.717, 1.165) is 28.6 Å². The van der Waals surface area contributed by atoms with Crippen molar-refractivity contribution < 1.29 is 5.11 Å². The number of pyridine rings is 1. The molecule has 1 heterocycles. The lowest BCUT2D eigenvalue weighted by molar-refractivity contribution is 0.279. The largest absolute Gasteiger partial charge is 0.392 e. The van der Waals surface area contributed by atoms with Crippen LogP contribution in [0.5, 0.6) is 0 Å². The maximum Gasteiger partial charge on any atom is 0.134 e. The van der Waals surface area contributed by atoms with Crippen molar-refractivity contribution in [3.05, 3.63) is 22.9 Å². The van der Waals surface area contributed by atoms with Gasteiger partial charge in [0.15, 0.2) is 0 Å². The average molecular weight is 276 g/mol. The summed E-state index contributed by atoms with van der Waals surface area (Å²) in [6, 6.07) is 2.62. The predicted molar refractivity (Wildman–Crippen MR) is 84.1 cm³/mol. The monoisotopic (exact) mass is 276 g/mol. The molecule has 112 valence electrons. The zero-order chi connectivity index (χ0) is 14.7. The third-order valence-corrected chi connectivity index (χ3v) is 4.89. The van der Waals surface area contributed by atoms with Gasteiger partial charge in [0.25, 0.3) is 0 Å². The van der Waals surface area contributed by atoms with E-state index in [-0.39, 0.29) is 6.61 Å². The van der Waals surface area contributed by atoms with Gasteiger partial charge in [-0.25, -0.2) is 4.98 Å². The first-order chi connectivity index (χ1) is 9.56. The van der Waals surface area contributed by atoms with Gasteiger partial charge in [-0.3, -0.25) is 0 Å². The van der Waals surface area contributed by atoms with Crippen LogP contribution in [0.3, 0.4) is 0 Å². The van der Waals surface area contributed by atoms with Crippen LogP contribution in [0.4, 0.5) is 5.82 Å². The fourth-order valence-electron chi connectivity index (χ4n) is 3.44. The molecule has 1 N–H and O–H groups in total. The zero-order valence-electron chi connectivity index (χ0n) is 13.3. The molecule has 3 heteroatoms. The second-order valence-electron chi connectivity index (χ2n) is 6.23. The molecule has 0 unspecified atom stereocenters. The van der Waals surface area contributed by atoms with Gasteiger partial charge in [-0.15, -0.1) is 0 Å². The van der Waals surface area contributed by atoms with Gasteiger partial charge in [-0.05, 0) is 57.1 Å². The second kappa shape index (κ2) is 6.57. The van der Waals surface area contributed by atoms with Crippen molar-refractivity contribution >= 4 is 5.82 Å². The Morgan fingerprint density at radius 2 is 1.90 bits per heavy atom. The van der Waals surface area contributed by atoms with E-state index in [1.54, 1.807) is 0 Å². The van der Waals surface area contributed by atoms with Gasteiger partial charge in [-0.2, -0.15) is 0 Å². The lowest BCUT2D eigenvalue weighted by Gasteiger charge is -2.36. The van der Waals surface area contributed by atoms with E-state index in [0.29, 0.717) is 6.04 Å². The van der Waals surface area contributed by atoms with Crippen molar-refractivity contribution in [3.8, 4) is 0 Å². The summed E-state index contributed by atoms with van der Waals surface area (Å²) in [4.78, 5) is 6.99. The van der Waals surface area contributed by atoms with Crippen LogP contribution in [0.15, 0.2) is 6.07 Å². The van der Waals surface area contributed by atoms with E-state index in [4.69, 9.17) is 0 Å². The van der Waals surface area contributed by atoms with Gasteiger partial charge in [-0.1, -0.05) is 13.3 Å². The summed E-state index contributed by atoms with van der Waals surface area (Å²) in [5, 5.41) is 9.65. The number of aryl methyl sites for hydroxylation is 2. The maximum atomic E-state index is 9.65. The Kier molecular flexibility index (Phi) is 5.03. The third-order valence-electron chi connectivity index (χ3n) is 4.89. The second-order valence-corrected chi connectivity index (χ2v) is 6.23. The van der Waals surface area contributed by atoms with Crippen LogP contribution < -0.4 is 4.90 Å². The minimum Gasteiger partial charge on any atom is -0.392 e. The highest BCUT2D eigenvalue weighted by Crippen LogP contribution is 2.32. The molecule has 0 aliphatic heterocycles. The Hall–Kier alpha value is -1.09. The molecule has 1 saturated carbocycles. The molecule has 1 aromatic heterocycles. The Balaban J connectivity index is 2.19. The van der Waals surface area contributed by atoms with Crippen molar-refractivity contribution in [2.45, 2.75) is 65.5 Å². The van der Waals surface area contributed by atoms with Crippen molar-refractivity contribution in [2.24, 2.45) is 5.92 Å². The van der Waals surface area contributed by atoms with Crippen LogP contribution >= 0.6 is 0 Å². The molecule has 1 aliphatic rings. The van der Waals surface area contributed by atoms with E-state index in [9.17, 15) is 5.11 Å². The molecule has 20 heavy (non-hydrogen) atoms. The standard InChI is InChI=1S/C17H28N2O/c1-5-14-6-8-15(9-7-14)19(4)17-16(11-20)12(2)10-13(3)18-17/h10,14-15,20H,5-9,11H2,1-4H3. The molecule has 0 atom stereocenters. The molecule has 0 amide bonds. The normalized spacial score (nSPS) is 22.9. The number of aliphatic hydroxyl groups is 1. The summed E-state index contributed by atoms with van der Waals surface area (Å²) in [5.41, 5.74) is 3.16.